The topological polar surface area (TPSA) is 130 Å². The number of nitrogens with zero attached hydrogens (tertiary/aromatic N) is 2. The number of hydrogen-bond acceptors (Lipinski definition) is 5. The lowest BCUT2D eigenvalue weighted by atomic mass is 9.75. The molecule has 0 amide bonds. The molecule has 0 atom stereocenters. The fourth-order valence-corrected chi connectivity index (χ4v) is 2.51. The molecular formula is C13H17N4O3-. The van der Waals surface area contributed by atoms with Crippen molar-refractivity contribution in [3.05, 3.63) is 22.6 Å². The molecule has 2 rings (SSSR count). The van der Waals surface area contributed by atoms with Crippen molar-refractivity contribution in [3.8, 4) is 0 Å². The van der Waals surface area contributed by atoms with Crippen molar-refractivity contribution in [2.45, 2.75) is 33.6 Å². The summed E-state index contributed by atoms with van der Waals surface area (Å²) in [7, 11) is 0. The number of guanidine groups is 1. The Morgan fingerprint density at radius 1 is 1.35 bits per heavy atom. The summed E-state index contributed by atoms with van der Waals surface area (Å²) in [5.74, 6) is -1.06. The van der Waals surface area contributed by atoms with Crippen molar-refractivity contribution in [2.75, 3.05) is 0 Å². The van der Waals surface area contributed by atoms with Gasteiger partial charge in [0, 0.05) is 17.5 Å². The quantitative estimate of drug-likeness (QED) is 0.443. The number of carboxylic acid groups (broad SMARTS) is 1. The average molecular weight is 277 g/mol. The molecule has 1 aliphatic rings. The van der Waals surface area contributed by atoms with Crippen molar-refractivity contribution in [2.24, 2.45) is 27.1 Å². The SMILES string of the molecule is Cc1c(C(=O)[O-])oc2c1/C(=N\N=C(N)N)CC(C)(C)C2. The van der Waals surface area contributed by atoms with E-state index in [0.29, 0.717) is 35.4 Å². The Morgan fingerprint density at radius 3 is 2.55 bits per heavy atom. The molecule has 1 aromatic heterocycles. The van der Waals surface area contributed by atoms with Gasteiger partial charge in [0.25, 0.3) is 0 Å². The predicted molar refractivity (Wildman–Crippen MR) is 72.2 cm³/mol. The van der Waals surface area contributed by atoms with Crippen molar-refractivity contribution in [3.63, 3.8) is 0 Å². The van der Waals surface area contributed by atoms with E-state index in [-0.39, 0.29) is 17.1 Å². The smallest absolute Gasteiger partial charge is 0.211 e. The van der Waals surface area contributed by atoms with Gasteiger partial charge in [-0.2, -0.15) is 5.10 Å². The Bertz CT molecular complexity index is 622. The van der Waals surface area contributed by atoms with Crippen molar-refractivity contribution in [1.29, 1.82) is 0 Å². The molecule has 7 heteroatoms. The molecule has 0 radical (unpaired) electrons. The van der Waals surface area contributed by atoms with E-state index < -0.39 is 5.97 Å². The van der Waals surface area contributed by atoms with Gasteiger partial charge in [0.05, 0.1) is 5.71 Å². The van der Waals surface area contributed by atoms with Crippen molar-refractivity contribution < 1.29 is 14.3 Å². The minimum absolute atomic E-state index is 0.113. The third kappa shape index (κ3) is 2.52. The Morgan fingerprint density at radius 2 is 2.00 bits per heavy atom. The van der Waals surface area contributed by atoms with Crippen LogP contribution in [-0.4, -0.2) is 17.6 Å². The van der Waals surface area contributed by atoms with Gasteiger partial charge < -0.3 is 25.8 Å². The molecule has 4 N–H and O–H groups in total. The minimum Gasteiger partial charge on any atom is -0.542 e. The van der Waals surface area contributed by atoms with E-state index in [1.165, 1.54) is 0 Å². The Labute approximate surface area is 116 Å². The van der Waals surface area contributed by atoms with Gasteiger partial charge in [-0.05, 0) is 18.8 Å². The van der Waals surface area contributed by atoms with E-state index in [2.05, 4.69) is 10.2 Å². The van der Waals surface area contributed by atoms with Crippen molar-refractivity contribution >= 4 is 17.6 Å². The molecule has 0 bridgehead atoms. The molecule has 7 nitrogen and oxygen atoms in total. The van der Waals surface area contributed by atoms with Gasteiger partial charge in [-0.1, -0.05) is 13.8 Å². The highest BCUT2D eigenvalue weighted by Gasteiger charge is 2.35. The maximum absolute atomic E-state index is 11.1. The first-order valence-electron chi connectivity index (χ1n) is 6.21. The summed E-state index contributed by atoms with van der Waals surface area (Å²) < 4.78 is 5.42. The number of furan rings is 1. The largest absolute Gasteiger partial charge is 0.542 e. The molecule has 0 aliphatic heterocycles. The molecule has 1 heterocycles. The summed E-state index contributed by atoms with van der Waals surface area (Å²) in [4.78, 5) is 11.1. The van der Waals surface area contributed by atoms with Crippen LogP contribution in [0.15, 0.2) is 14.6 Å². The van der Waals surface area contributed by atoms with Gasteiger partial charge >= 0.3 is 0 Å². The Kier molecular flexibility index (Phi) is 3.29. The monoisotopic (exact) mass is 277 g/mol. The van der Waals surface area contributed by atoms with Crippen LogP contribution in [0.3, 0.4) is 0 Å². The fourth-order valence-electron chi connectivity index (χ4n) is 2.51. The summed E-state index contributed by atoms with van der Waals surface area (Å²) in [6, 6.07) is 0. The van der Waals surface area contributed by atoms with Crippen LogP contribution in [0.25, 0.3) is 0 Å². The van der Waals surface area contributed by atoms with Crippen molar-refractivity contribution in [1.82, 2.24) is 0 Å². The number of carboxylic acids is 1. The van der Waals surface area contributed by atoms with Gasteiger partial charge in [0.1, 0.15) is 11.7 Å². The number of fused-ring (bicyclic) bond motifs is 1. The number of nitrogens with two attached hydrogens (primary N) is 2. The maximum atomic E-state index is 11.1. The van der Waals surface area contributed by atoms with Crippen LogP contribution in [-0.2, 0) is 6.42 Å². The summed E-state index contributed by atoms with van der Waals surface area (Å²) >= 11 is 0. The molecule has 1 aromatic rings. The van der Waals surface area contributed by atoms with Crippen LogP contribution in [0.1, 0.15) is 47.7 Å². The number of carbonyl (C=O) groups excluding carboxylic acids is 1. The number of aromatic carboxylic acids is 1. The molecule has 0 unspecified atom stereocenters. The molecule has 0 saturated carbocycles. The highest BCUT2D eigenvalue weighted by atomic mass is 16.4. The van der Waals surface area contributed by atoms with Gasteiger partial charge in [-0.25, -0.2) is 0 Å². The molecular weight excluding hydrogens is 260 g/mol. The van der Waals surface area contributed by atoms with Gasteiger partial charge in [0.15, 0.2) is 5.76 Å². The normalized spacial score (nSPS) is 18.6. The molecule has 0 aromatic carbocycles. The van der Waals surface area contributed by atoms with E-state index in [1.54, 1.807) is 6.92 Å². The maximum Gasteiger partial charge on any atom is 0.211 e. The molecule has 108 valence electrons. The van der Waals surface area contributed by atoms with Gasteiger partial charge in [0.2, 0.25) is 5.96 Å². The molecule has 0 spiro atoms. The van der Waals surface area contributed by atoms with Crippen LogP contribution < -0.4 is 16.6 Å². The first-order chi connectivity index (χ1) is 9.21. The first kappa shape index (κ1) is 14.1. The second kappa shape index (κ2) is 4.66. The standard InChI is InChI=1S/C13H18N4O3/c1-6-9-7(16-17-12(14)15)4-13(2,3)5-8(9)20-10(6)11(18)19/h4-5H2,1-3H3,(H,18,19)(H4,14,15,17)/p-1/b16-7-. The molecule has 1 aliphatic carbocycles. The number of carbonyl (C=O) groups is 1. The second-order valence-corrected chi connectivity index (χ2v) is 5.73. The van der Waals surface area contributed by atoms with Crippen LogP contribution in [0, 0.1) is 12.3 Å². The summed E-state index contributed by atoms with van der Waals surface area (Å²) in [5, 5.41) is 18.8. The first-order valence-corrected chi connectivity index (χ1v) is 6.21. The third-order valence-electron chi connectivity index (χ3n) is 3.26. The van der Waals surface area contributed by atoms with E-state index >= 15 is 0 Å². The lowest BCUT2D eigenvalue weighted by Gasteiger charge is -2.29. The molecule has 0 fully saturated rings. The van der Waals surface area contributed by atoms with E-state index in [0.717, 1.165) is 0 Å². The van der Waals surface area contributed by atoms with Gasteiger partial charge in [-0.15, -0.1) is 5.10 Å². The third-order valence-corrected chi connectivity index (χ3v) is 3.26. The van der Waals surface area contributed by atoms with Crippen LogP contribution >= 0.6 is 0 Å². The average Bonchev–Trinajstić information content (AvgIpc) is 2.62. The zero-order chi connectivity index (χ0) is 15.1. The summed E-state index contributed by atoms with van der Waals surface area (Å²) in [6.07, 6.45) is 1.25. The molecule has 0 saturated heterocycles. The lowest BCUT2D eigenvalue weighted by Crippen LogP contribution is -2.27. The van der Waals surface area contributed by atoms with E-state index in [4.69, 9.17) is 15.9 Å². The highest BCUT2D eigenvalue weighted by molar-refractivity contribution is 6.06. The predicted octanol–water partition coefficient (Wildman–Crippen LogP) is -0.0986. The minimum atomic E-state index is -1.34. The van der Waals surface area contributed by atoms with Gasteiger partial charge in [-0.3, -0.25) is 0 Å². The van der Waals surface area contributed by atoms with Crippen LogP contribution in [0.4, 0.5) is 0 Å². The highest BCUT2D eigenvalue weighted by Crippen LogP contribution is 2.38. The summed E-state index contributed by atoms with van der Waals surface area (Å²) in [5.41, 5.74) is 12.2. The lowest BCUT2D eigenvalue weighted by molar-refractivity contribution is -0.257. The van der Waals surface area contributed by atoms with E-state index in [1.807, 2.05) is 13.8 Å². The number of rotatable bonds is 2. The van der Waals surface area contributed by atoms with Crippen LogP contribution in [0.2, 0.25) is 0 Å². The number of hydrogen-bond donors (Lipinski definition) is 2. The Hall–Kier alpha value is -2.31. The summed E-state index contributed by atoms with van der Waals surface area (Å²) in [6.45, 7) is 5.74. The zero-order valence-electron chi connectivity index (χ0n) is 11.7. The zero-order valence-corrected chi connectivity index (χ0v) is 11.7. The fraction of sp³-hybridized carbons (Fsp3) is 0.462. The second-order valence-electron chi connectivity index (χ2n) is 5.73. The Balaban J connectivity index is 2.61. The molecule has 20 heavy (non-hydrogen) atoms. The van der Waals surface area contributed by atoms with E-state index in [9.17, 15) is 9.90 Å². The van der Waals surface area contributed by atoms with Crippen LogP contribution in [0.5, 0.6) is 0 Å².